The number of aliphatic hydroxyl groups excluding tert-OH is 1. The van der Waals surface area contributed by atoms with E-state index in [4.69, 9.17) is 16.3 Å². The van der Waals surface area contributed by atoms with Crippen LogP contribution >= 0.6 is 11.6 Å². The van der Waals surface area contributed by atoms with Crippen molar-refractivity contribution in [2.24, 2.45) is 0 Å². The van der Waals surface area contributed by atoms with Crippen LogP contribution < -0.4 is 0 Å². The number of hydrogen-bond acceptors (Lipinski definition) is 4. The lowest BCUT2D eigenvalue weighted by Gasteiger charge is -2.47. The number of halogens is 1. The molecule has 1 aromatic rings. The summed E-state index contributed by atoms with van der Waals surface area (Å²) in [5, 5.41) is 20.5. The van der Waals surface area contributed by atoms with Crippen molar-refractivity contribution in [1.29, 1.82) is 0 Å². The van der Waals surface area contributed by atoms with Gasteiger partial charge in [-0.05, 0) is 44.0 Å². The van der Waals surface area contributed by atoms with Crippen LogP contribution in [-0.2, 0) is 16.9 Å². The molecule has 21 heavy (non-hydrogen) atoms. The highest BCUT2D eigenvalue weighted by molar-refractivity contribution is 6.30. The number of aliphatic hydroxyl groups is 2. The van der Waals surface area contributed by atoms with Crippen molar-refractivity contribution >= 4 is 17.7 Å². The van der Waals surface area contributed by atoms with E-state index < -0.39 is 17.3 Å². The zero-order chi connectivity index (χ0) is 15.8. The summed E-state index contributed by atoms with van der Waals surface area (Å²) in [7, 11) is 0. The number of β-amino-alcohol motifs (C(OH)–C–C–N with tert-alkyl or cyclic N) is 1. The monoisotopic (exact) mass is 313 g/mol. The van der Waals surface area contributed by atoms with E-state index in [0.717, 1.165) is 0 Å². The molecule has 0 saturated carbocycles. The second-order valence-corrected chi connectivity index (χ2v) is 6.76. The van der Waals surface area contributed by atoms with Gasteiger partial charge in [-0.2, -0.15) is 0 Å². The lowest BCUT2D eigenvalue weighted by Crippen LogP contribution is -2.62. The summed E-state index contributed by atoms with van der Waals surface area (Å²) in [4.78, 5) is 13.3. The molecule has 0 unspecified atom stereocenters. The van der Waals surface area contributed by atoms with E-state index >= 15 is 0 Å². The maximum atomic E-state index is 11.9. The van der Waals surface area contributed by atoms with Crippen molar-refractivity contribution in [3.63, 3.8) is 0 Å². The van der Waals surface area contributed by atoms with Crippen LogP contribution in [0.1, 0.15) is 31.9 Å². The predicted octanol–water partition coefficient (Wildman–Crippen LogP) is 2.27. The fourth-order valence-electron chi connectivity index (χ4n) is 2.36. The third-order valence-electron chi connectivity index (χ3n) is 3.30. The molecule has 2 N–H and O–H groups in total. The summed E-state index contributed by atoms with van der Waals surface area (Å²) in [5.74, 6) is 0. The first-order chi connectivity index (χ1) is 9.64. The molecule has 0 bridgehead atoms. The van der Waals surface area contributed by atoms with Gasteiger partial charge in [0.15, 0.2) is 0 Å². The maximum absolute atomic E-state index is 11.9. The second-order valence-electron chi connectivity index (χ2n) is 6.33. The van der Waals surface area contributed by atoms with Crippen molar-refractivity contribution < 1.29 is 19.7 Å². The molecular formula is C15H20ClNO4. The molecule has 1 fully saturated rings. The molecule has 6 heteroatoms. The molecule has 5 nitrogen and oxygen atoms in total. The molecule has 0 spiro atoms. The Hall–Kier alpha value is -1.30. The number of carbonyl (C=O) groups is 1. The van der Waals surface area contributed by atoms with Crippen LogP contribution in [0.25, 0.3) is 0 Å². The standard InChI is InChI=1S/C15H20ClNO4/c1-14(2,3)21-13(19)17-8-15(20,9-17)12-5-4-11(16)6-10(12)7-18/h4-6,18,20H,7-9H2,1-3H3. The van der Waals surface area contributed by atoms with Gasteiger partial charge in [-0.15, -0.1) is 0 Å². The molecule has 2 rings (SSSR count). The summed E-state index contributed by atoms with van der Waals surface area (Å²) in [6, 6.07) is 4.95. The van der Waals surface area contributed by atoms with E-state index in [1.807, 2.05) is 0 Å². The zero-order valence-electron chi connectivity index (χ0n) is 12.4. The van der Waals surface area contributed by atoms with Crippen LogP contribution in [0.3, 0.4) is 0 Å². The Morgan fingerprint density at radius 3 is 2.57 bits per heavy atom. The fourth-order valence-corrected chi connectivity index (χ4v) is 2.55. The predicted molar refractivity (Wildman–Crippen MR) is 79.1 cm³/mol. The van der Waals surface area contributed by atoms with Gasteiger partial charge in [0.1, 0.15) is 11.2 Å². The van der Waals surface area contributed by atoms with Crippen LogP contribution in [0.4, 0.5) is 4.79 Å². The van der Waals surface area contributed by atoms with E-state index in [1.54, 1.807) is 39.0 Å². The van der Waals surface area contributed by atoms with E-state index in [0.29, 0.717) is 16.1 Å². The van der Waals surface area contributed by atoms with E-state index in [9.17, 15) is 15.0 Å². The topological polar surface area (TPSA) is 70.0 Å². The first-order valence-corrected chi connectivity index (χ1v) is 7.12. The first kappa shape index (κ1) is 16.1. The van der Waals surface area contributed by atoms with Gasteiger partial charge in [-0.3, -0.25) is 0 Å². The van der Waals surface area contributed by atoms with Gasteiger partial charge >= 0.3 is 6.09 Å². The number of amides is 1. The molecule has 1 heterocycles. The molecule has 0 radical (unpaired) electrons. The van der Waals surface area contributed by atoms with Gasteiger partial charge in [0.2, 0.25) is 0 Å². The van der Waals surface area contributed by atoms with Crippen molar-refractivity contribution in [3.8, 4) is 0 Å². The second kappa shape index (κ2) is 5.48. The Morgan fingerprint density at radius 2 is 2.05 bits per heavy atom. The van der Waals surface area contributed by atoms with Crippen LogP contribution in [-0.4, -0.2) is 39.9 Å². The molecule has 0 aromatic heterocycles. The summed E-state index contributed by atoms with van der Waals surface area (Å²) in [5.41, 5.74) is -0.580. The third kappa shape index (κ3) is 3.48. The van der Waals surface area contributed by atoms with E-state index in [1.165, 1.54) is 4.90 Å². The molecule has 116 valence electrons. The lowest BCUT2D eigenvalue weighted by atomic mass is 9.83. The average Bonchev–Trinajstić information content (AvgIpc) is 2.32. The average molecular weight is 314 g/mol. The highest BCUT2D eigenvalue weighted by atomic mass is 35.5. The Labute approximate surface area is 129 Å². The summed E-state index contributed by atoms with van der Waals surface area (Å²) in [6.45, 7) is 5.43. The zero-order valence-corrected chi connectivity index (χ0v) is 13.1. The molecule has 0 aliphatic carbocycles. The molecular weight excluding hydrogens is 294 g/mol. The molecule has 1 saturated heterocycles. The van der Waals surface area contributed by atoms with Gasteiger partial charge in [0.05, 0.1) is 19.7 Å². The normalized spacial score (nSPS) is 17.3. The number of likely N-dealkylation sites (tertiary alicyclic amines) is 1. The minimum absolute atomic E-state index is 0.135. The molecule has 0 atom stereocenters. The Balaban J connectivity index is 2.09. The Kier molecular flexibility index (Phi) is 4.19. The van der Waals surface area contributed by atoms with Crippen LogP contribution in [0.2, 0.25) is 5.02 Å². The highest BCUT2D eigenvalue weighted by Crippen LogP contribution is 2.35. The quantitative estimate of drug-likeness (QED) is 0.878. The molecule has 1 aromatic carbocycles. The minimum atomic E-state index is -1.17. The number of carbonyl (C=O) groups excluding carboxylic acids is 1. The SMILES string of the molecule is CC(C)(C)OC(=O)N1CC(O)(c2ccc(Cl)cc2CO)C1. The van der Waals surface area contributed by atoms with Crippen molar-refractivity contribution in [2.75, 3.05) is 13.1 Å². The largest absolute Gasteiger partial charge is 0.444 e. The van der Waals surface area contributed by atoms with Gasteiger partial charge in [-0.25, -0.2) is 4.79 Å². The van der Waals surface area contributed by atoms with Gasteiger partial charge in [-0.1, -0.05) is 17.7 Å². The van der Waals surface area contributed by atoms with E-state index in [2.05, 4.69) is 0 Å². The third-order valence-corrected chi connectivity index (χ3v) is 3.53. The van der Waals surface area contributed by atoms with Crippen molar-refractivity contribution in [3.05, 3.63) is 34.3 Å². The molecule has 1 aliphatic heterocycles. The minimum Gasteiger partial charge on any atom is -0.444 e. The summed E-state index contributed by atoms with van der Waals surface area (Å²) >= 11 is 5.88. The molecule has 1 amide bonds. The van der Waals surface area contributed by atoms with Crippen LogP contribution in [0.5, 0.6) is 0 Å². The first-order valence-electron chi connectivity index (χ1n) is 6.75. The van der Waals surface area contributed by atoms with E-state index in [-0.39, 0.29) is 19.7 Å². The lowest BCUT2D eigenvalue weighted by molar-refractivity contribution is -0.104. The van der Waals surface area contributed by atoms with Crippen LogP contribution in [0.15, 0.2) is 18.2 Å². The van der Waals surface area contributed by atoms with Crippen LogP contribution in [0, 0.1) is 0 Å². The van der Waals surface area contributed by atoms with Crippen molar-refractivity contribution in [1.82, 2.24) is 4.90 Å². The van der Waals surface area contributed by atoms with Crippen molar-refractivity contribution in [2.45, 2.75) is 38.6 Å². The Bertz CT molecular complexity index is 547. The maximum Gasteiger partial charge on any atom is 0.410 e. The van der Waals surface area contributed by atoms with Gasteiger partial charge < -0.3 is 19.8 Å². The number of ether oxygens (including phenoxy) is 1. The summed E-state index contributed by atoms with van der Waals surface area (Å²) in [6.07, 6.45) is -0.452. The molecule has 1 aliphatic rings. The number of hydrogen-bond donors (Lipinski definition) is 2. The number of nitrogens with zero attached hydrogens (tertiary/aromatic N) is 1. The summed E-state index contributed by atoms with van der Waals surface area (Å²) < 4.78 is 5.25. The number of rotatable bonds is 2. The van der Waals surface area contributed by atoms with Gasteiger partial charge in [0, 0.05) is 5.02 Å². The highest BCUT2D eigenvalue weighted by Gasteiger charge is 2.47. The smallest absolute Gasteiger partial charge is 0.410 e. The van der Waals surface area contributed by atoms with Gasteiger partial charge in [0.25, 0.3) is 0 Å². The number of benzene rings is 1. The Morgan fingerprint density at radius 1 is 1.43 bits per heavy atom. The fraction of sp³-hybridized carbons (Fsp3) is 0.533.